The molecule has 2 aromatic rings. The Hall–Kier alpha value is -0.372. The van der Waals surface area contributed by atoms with E-state index in [4.69, 9.17) is 0 Å². The Balaban J connectivity index is 1.80. The maximum absolute atomic E-state index is 13.7. The predicted octanol–water partition coefficient (Wildman–Crippen LogP) is 6.24. The van der Waals surface area contributed by atoms with Gasteiger partial charge in [0, 0.05) is 0 Å². The van der Waals surface area contributed by atoms with Crippen LogP contribution in [0.25, 0.3) is 11.1 Å². The molecular weight excluding hydrogens is 530 g/mol. The second-order valence-electron chi connectivity index (χ2n) is 6.77. The Bertz CT molecular complexity index is 698. The number of hydrogen-bond donors (Lipinski definition) is 0. The Kier molecular flexibility index (Phi) is 5.74. The van der Waals surface area contributed by atoms with Crippen molar-refractivity contribution in [3.8, 4) is 11.1 Å². The molecule has 0 bridgehead atoms. The van der Waals surface area contributed by atoms with E-state index in [1.54, 1.807) is 0 Å². The first-order chi connectivity index (χ1) is 11.3. The van der Waals surface area contributed by atoms with Crippen molar-refractivity contribution in [2.45, 2.75) is 38.7 Å². The molecule has 0 radical (unpaired) electrons. The molecular formula is C19H18F4Ra. The van der Waals surface area contributed by atoms with Crippen LogP contribution in [0.4, 0.5) is 17.6 Å². The van der Waals surface area contributed by atoms with Crippen molar-refractivity contribution < 1.29 is 60.4 Å². The molecule has 3 rings (SSSR count). The summed E-state index contributed by atoms with van der Waals surface area (Å²) >= 11 is 0.605. The second-order valence-corrected chi connectivity index (χ2v) is 13.5. The third kappa shape index (κ3) is 4.23. The van der Waals surface area contributed by atoms with Crippen LogP contribution in [-0.2, 0) is 6.18 Å². The summed E-state index contributed by atoms with van der Waals surface area (Å²) in [7, 11) is 0. The van der Waals surface area contributed by atoms with Gasteiger partial charge < -0.3 is 0 Å². The molecule has 0 aliphatic heterocycles. The summed E-state index contributed by atoms with van der Waals surface area (Å²) in [4.78, 5) is 0. The Labute approximate surface area is 168 Å². The van der Waals surface area contributed by atoms with E-state index in [0.29, 0.717) is 54.3 Å². The summed E-state index contributed by atoms with van der Waals surface area (Å²) < 4.78 is 52.6. The van der Waals surface area contributed by atoms with Gasteiger partial charge in [-0.05, 0) is 0 Å². The minimum absolute atomic E-state index is 0.472. The molecule has 0 saturated heterocycles. The van der Waals surface area contributed by atoms with E-state index in [2.05, 4.69) is 0 Å². The number of rotatable bonds is 2. The van der Waals surface area contributed by atoms with Crippen LogP contribution in [0.15, 0.2) is 42.5 Å². The van der Waals surface area contributed by atoms with Crippen LogP contribution >= 0.6 is 0 Å². The molecule has 0 aromatic heterocycles. The first-order valence-corrected chi connectivity index (χ1v) is 13.1. The van der Waals surface area contributed by atoms with Crippen LogP contribution in [0, 0.1) is 48.6 Å². The van der Waals surface area contributed by atoms with Gasteiger partial charge in [0.1, 0.15) is 0 Å². The zero-order chi connectivity index (χ0) is 17.3. The van der Waals surface area contributed by atoms with Crippen LogP contribution in [0.2, 0.25) is 0.959 Å². The third-order valence-corrected chi connectivity index (χ3v) is 9.75. The molecule has 0 amide bonds. The molecule has 0 nitrogen and oxygen atoms in total. The molecule has 5 heteroatoms. The second kappa shape index (κ2) is 7.48. The zero-order valence-electron chi connectivity index (χ0n) is 13.5. The fourth-order valence-corrected chi connectivity index (χ4v) is 6.21. The van der Waals surface area contributed by atoms with Gasteiger partial charge in [-0.1, -0.05) is 0 Å². The van der Waals surface area contributed by atoms with E-state index < -0.39 is 17.6 Å². The molecule has 1 saturated carbocycles. The first-order valence-electron chi connectivity index (χ1n) is 8.31. The van der Waals surface area contributed by atoms with E-state index >= 15 is 0 Å². The monoisotopic (exact) mass is 548 g/mol. The van der Waals surface area contributed by atoms with Crippen molar-refractivity contribution in [2.75, 3.05) is 0 Å². The van der Waals surface area contributed by atoms with Crippen molar-refractivity contribution in [1.29, 1.82) is 0 Å². The van der Waals surface area contributed by atoms with Crippen LogP contribution < -0.4 is 0 Å². The van der Waals surface area contributed by atoms with Gasteiger partial charge in [-0.2, -0.15) is 13.2 Å². The summed E-state index contributed by atoms with van der Waals surface area (Å²) in [5, 5.41) is 0. The van der Waals surface area contributed by atoms with Gasteiger partial charge in [-0.15, -0.1) is 0 Å². The van der Waals surface area contributed by atoms with Gasteiger partial charge in [-0.25, -0.2) is 0 Å². The van der Waals surface area contributed by atoms with E-state index in [1.165, 1.54) is 37.3 Å². The van der Waals surface area contributed by atoms with Crippen molar-refractivity contribution in [1.82, 2.24) is 0 Å². The fourth-order valence-electron chi connectivity index (χ4n) is 3.47. The number of halogens is 4. The van der Waals surface area contributed by atoms with E-state index in [1.807, 2.05) is 24.3 Å². The molecule has 1 fully saturated rings. The molecule has 1 aliphatic rings. The van der Waals surface area contributed by atoms with Gasteiger partial charge in [-0.3, -0.25) is 0 Å². The quantitative estimate of drug-likeness (QED) is 0.390. The number of benzene rings is 2. The molecule has 0 unspecified atom stereocenters. The van der Waals surface area contributed by atoms with Gasteiger partial charge in [0.15, 0.2) is 0 Å². The average molecular weight is 548 g/mol. The average Bonchev–Trinajstić information content (AvgIpc) is 2.54. The van der Waals surface area contributed by atoms with Crippen molar-refractivity contribution in [3.63, 3.8) is 0 Å². The fraction of sp³-hybridized carbons (Fsp3) is 0.368. The van der Waals surface area contributed by atoms with E-state index in [9.17, 15) is 17.6 Å². The molecule has 0 heterocycles. The molecule has 0 spiro atoms. The SMILES string of the molecule is Fc1cc(-c2ccc(C3CC[CH]([RaH])CC3)cc2)ccc1C(F)(F)F. The molecule has 1 aliphatic carbocycles. The molecule has 124 valence electrons. The van der Waals surface area contributed by atoms with Crippen LogP contribution in [-0.4, -0.2) is 0 Å². The molecule has 2 aromatic carbocycles. The van der Waals surface area contributed by atoms with E-state index in [0.717, 1.165) is 18.7 Å². The number of alkyl halides is 3. The topological polar surface area (TPSA) is 0 Å². The standard InChI is InChI=1S/C19H17F4.Ra.H/c20-18-12-16(10-11-17(18)19(21,22)23)15-8-6-14(7-9-15)13-4-2-1-3-5-13;;/h1,6-13H,2-5H2;;. The summed E-state index contributed by atoms with van der Waals surface area (Å²) in [5.41, 5.74) is 1.28. The van der Waals surface area contributed by atoms with Gasteiger partial charge in [0.2, 0.25) is 0 Å². The molecule has 0 atom stereocenters. The van der Waals surface area contributed by atoms with Crippen molar-refractivity contribution >= 4 is 0 Å². The van der Waals surface area contributed by atoms with Gasteiger partial charge >= 0.3 is 156 Å². The normalized spacial score (nSPS) is 21.6. The van der Waals surface area contributed by atoms with Crippen molar-refractivity contribution in [3.05, 3.63) is 59.4 Å². The summed E-state index contributed by atoms with van der Waals surface area (Å²) in [6.45, 7) is 0. The molecule has 24 heavy (non-hydrogen) atoms. The molecule has 0 N–H and O–H groups in total. The summed E-state index contributed by atoms with van der Waals surface area (Å²) in [6, 6.07) is 11.0. The van der Waals surface area contributed by atoms with E-state index in [-0.39, 0.29) is 0 Å². The zero-order valence-corrected chi connectivity index (χ0v) is 21.8. The number of hydrogen-bond acceptors (Lipinski definition) is 0. The maximum atomic E-state index is 13.7. The van der Waals surface area contributed by atoms with Gasteiger partial charge in [0.05, 0.1) is 0 Å². The van der Waals surface area contributed by atoms with Crippen LogP contribution in [0.5, 0.6) is 0 Å². The minimum Gasteiger partial charge on any atom is -0.166 e. The Morgan fingerprint density at radius 3 is 1.96 bits per heavy atom. The predicted molar refractivity (Wildman–Crippen MR) is 83.2 cm³/mol. The van der Waals surface area contributed by atoms with Crippen LogP contribution in [0.1, 0.15) is 42.7 Å². The first kappa shape index (κ1) is 18.4. The third-order valence-electron chi connectivity index (χ3n) is 5.01. The minimum atomic E-state index is -4.66. The Morgan fingerprint density at radius 1 is 0.833 bits per heavy atom. The van der Waals surface area contributed by atoms with Crippen molar-refractivity contribution in [2.24, 2.45) is 0 Å². The summed E-state index contributed by atoms with van der Waals surface area (Å²) in [6.07, 6.45) is 0.479. The van der Waals surface area contributed by atoms with Crippen LogP contribution in [0.3, 0.4) is 0 Å². The van der Waals surface area contributed by atoms with Gasteiger partial charge in [0.25, 0.3) is 0 Å². The smallest absolute Gasteiger partial charge is 0.166 e. The summed E-state index contributed by atoms with van der Waals surface area (Å²) in [5.74, 6) is -0.633. The Morgan fingerprint density at radius 2 is 1.42 bits per heavy atom.